The van der Waals surface area contributed by atoms with Crippen LogP contribution >= 0.6 is 15.9 Å². The maximum Gasteiger partial charge on any atom is 0.226 e. The topological polar surface area (TPSA) is 32.3 Å². The molecule has 1 saturated heterocycles. The van der Waals surface area contributed by atoms with E-state index in [-0.39, 0.29) is 5.92 Å². The Morgan fingerprint density at radius 1 is 1.40 bits per heavy atom. The fraction of sp³-hybridized carbons (Fsp3) is 0.562. The molecule has 2 aliphatic rings. The molecule has 0 aromatic heterocycles. The van der Waals surface area contributed by atoms with Crippen molar-refractivity contribution in [2.75, 3.05) is 20.1 Å². The molecule has 3 rings (SSSR count). The maximum atomic E-state index is 12.6. The highest BCUT2D eigenvalue weighted by atomic mass is 79.9. The third-order valence-corrected chi connectivity index (χ3v) is 5.60. The lowest BCUT2D eigenvalue weighted by molar-refractivity contribution is -0.132. The predicted molar refractivity (Wildman–Crippen MR) is 83.3 cm³/mol. The quantitative estimate of drug-likeness (QED) is 0.920. The Labute approximate surface area is 128 Å². The summed E-state index contributed by atoms with van der Waals surface area (Å²) in [6, 6.07) is 8.12. The summed E-state index contributed by atoms with van der Waals surface area (Å²) in [5, 5.41) is 3.39. The first-order valence-electron chi connectivity index (χ1n) is 7.31. The summed E-state index contributed by atoms with van der Waals surface area (Å²) in [4.78, 5) is 14.5. The van der Waals surface area contributed by atoms with E-state index in [0.29, 0.717) is 17.9 Å². The largest absolute Gasteiger partial charge is 0.341 e. The molecule has 4 heteroatoms. The summed E-state index contributed by atoms with van der Waals surface area (Å²) in [5.74, 6) is 0.583. The number of nitrogens with zero attached hydrogens (tertiary/aromatic N) is 1. The SMILES string of the molecule is CN(Cc1ccccc1Br)C(=O)C1CC12CCNCC2. The van der Waals surface area contributed by atoms with Gasteiger partial charge < -0.3 is 10.2 Å². The molecular formula is C16H21BrN2O. The molecule has 1 spiro atoms. The van der Waals surface area contributed by atoms with E-state index in [1.807, 2.05) is 30.1 Å². The number of benzene rings is 1. The van der Waals surface area contributed by atoms with E-state index >= 15 is 0 Å². The molecule has 1 aromatic rings. The lowest BCUT2D eigenvalue weighted by Gasteiger charge is -2.25. The van der Waals surface area contributed by atoms with Crippen LogP contribution < -0.4 is 5.32 Å². The Hall–Kier alpha value is -0.870. The molecule has 1 heterocycles. The fourth-order valence-corrected chi connectivity index (χ4v) is 3.81. The van der Waals surface area contributed by atoms with E-state index in [1.54, 1.807) is 0 Å². The van der Waals surface area contributed by atoms with Crippen molar-refractivity contribution in [1.82, 2.24) is 10.2 Å². The number of nitrogens with one attached hydrogen (secondary N) is 1. The normalized spacial score (nSPS) is 23.6. The standard InChI is InChI=1S/C16H21BrN2O/c1-19(11-12-4-2-3-5-14(12)17)15(20)13-10-16(13)6-8-18-9-7-16/h2-5,13,18H,6-11H2,1H3. The summed E-state index contributed by atoms with van der Waals surface area (Å²) in [6.45, 7) is 2.82. The minimum atomic E-state index is 0.261. The number of hydrogen-bond acceptors (Lipinski definition) is 2. The molecule has 3 nitrogen and oxygen atoms in total. The molecule has 0 radical (unpaired) electrons. The van der Waals surface area contributed by atoms with E-state index in [4.69, 9.17) is 0 Å². The first kappa shape index (κ1) is 14.1. The van der Waals surface area contributed by atoms with Gasteiger partial charge in [-0.3, -0.25) is 4.79 Å². The van der Waals surface area contributed by atoms with Gasteiger partial charge in [-0.15, -0.1) is 0 Å². The van der Waals surface area contributed by atoms with Crippen LogP contribution in [0.15, 0.2) is 28.7 Å². The second-order valence-corrected chi connectivity index (χ2v) is 7.01. The molecule has 0 bridgehead atoms. The van der Waals surface area contributed by atoms with Crippen molar-refractivity contribution in [2.24, 2.45) is 11.3 Å². The third kappa shape index (κ3) is 2.63. The van der Waals surface area contributed by atoms with E-state index < -0.39 is 0 Å². The van der Waals surface area contributed by atoms with Gasteiger partial charge >= 0.3 is 0 Å². The van der Waals surface area contributed by atoms with Crippen LogP contribution in [-0.2, 0) is 11.3 Å². The monoisotopic (exact) mass is 336 g/mol. The van der Waals surface area contributed by atoms with Crippen LogP contribution in [-0.4, -0.2) is 30.9 Å². The molecule has 1 aliphatic carbocycles. The van der Waals surface area contributed by atoms with Crippen LogP contribution in [0.3, 0.4) is 0 Å². The highest BCUT2D eigenvalue weighted by Crippen LogP contribution is 2.59. The van der Waals surface area contributed by atoms with Gasteiger partial charge in [0.1, 0.15) is 0 Å². The molecule has 1 atom stereocenters. The minimum absolute atomic E-state index is 0.261. The Kier molecular flexibility index (Phi) is 3.87. The van der Waals surface area contributed by atoms with Gasteiger partial charge in [-0.1, -0.05) is 34.1 Å². The Bertz CT molecular complexity index is 511. The van der Waals surface area contributed by atoms with Gasteiger partial charge in [0, 0.05) is 24.0 Å². The van der Waals surface area contributed by atoms with Gasteiger partial charge in [-0.25, -0.2) is 0 Å². The maximum absolute atomic E-state index is 12.6. The number of hydrogen-bond donors (Lipinski definition) is 1. The molecule has 1 saturated carbocycles. The zero-order valence-electron chi connectivity index (χ0n) is 11.9. The number of piperidine rings is 1. The first-order chi connectivity index (χ1) is 9.62. The lowest BCUT2D eigenvalue weighted by atomic mass is 9.91. The van der Waals surface area contributed by atoms with Gasteiger partial charge in [0.25, 0.3) is 0 Å². The van der Waals surface area contributed by atoms with Gasteiger partial charge in [-0.2, -0.15) is 0 Å². The molecule has 20 heavy (non-hydrogen) atoms. The van der Waals surface area contributed by atoms with Gasteiger partial charge in [0.05, 0.1) is 0 Å². The van der Waals surface area contributed by atoms with Crippen LogP contribution in [0, 0.1) is 11.3 Å². The molecule has 1 aromatic carbocycles. The van der Waals surface area contributed by atoms with Crippen molar-refractivity contribution in [1.29, 1.82) is 0 Å². The molecule has 2 fully saturated rings. The number of amides is 1. The Morgan fingerprint density at radius 3 is 2.80 bits per heavy atom. The van der Waals surface area contributed by atoms with Crippen LogP contribution in [0.4, 0.5) is 0 Å². The van der Waals surface area contributed by atoms with Crippen molar-refractivity contribution < 1.29 is 4.79 Å². The molecular weight excluding hydrogens is 316 g/mol. The van der Waals surface area contributed by atoms with Gasteiger partial charge in [0.2, 0.25) is 5.91 Å². The Balaban J connectivity index is 1.62. The molecule has 108 valence electrons. The van der Waals surface area contributed by atoms with Crippen molar-refractivity contribution in [3.8, 4) is 0 Å². The molecule has 1 N–H and O–H groups in total. The van der Waals surface area contributed by atoms with E-state index in [9.17, 15) is 4.79 Å². The minimum Gasteiger partial charge on any atom is -0.341 e. The Morgan fingerprint density at radius 2 is 2.10 bits per heavy atom. The van der Waals surface area contributed by atoms with E-state index in [2.05, 4.69) is 27.3 Å². The zero-order valence-corrected chi connectivity index (χ0v) is 13.4. The van der Waals surface area contributed by atoms with Crippen LogP contribution in [0.25, 0.3) is 0 Å². The van der Waals surface area contributed by atoms with Crippen molar-refractivity contribution in [3.05, 3.63) is 34.3 Å². The second-order valence-electron chi connectivity index (χ2n) is 6.15. The average molecular weight is 337 g/mol. The van der Waals surface area contributed by atoms with Crippen molar-refractivity contribution >= 4 is 21.8 Å². The molecule has 1 amide bonds. The lowest BCUT2D eigenvalue weighted by Crippen LogP contribution is -2.34. The second kappa shape index (κ2) is 5.49. The fourth-order valence-electron chi connectivity index (χ4n) is 3.40. The van der Waals surface area contributed by atoms with Gasteiger partial charge in [0.15, 0.2) is 0 Å². The number of rotatable bonds is 3. The van der Waals surface area contributed by atoms with Crippen molar-refractivity contribution in [2.45, 2.75) is 25.8 Å². The highest BCUT2D eigenvalue weighted by molar-refractivity contribution is 9.10. The third-order valence-electron chi connectivity index (χ3n) is 4.83. The van der Waals surface area contributed by atoms with E-state index in [0.717, 1.165) is 36.8 Å². The van der Waals surface area contributed by atoms with Gasteiger partial charge in [-0.05, 0) is 49.4 Å². The summed E-state index contributed by atoms with van der Waals surface area (Å²) in [6.07, 6.45) is 3.41. The van der Waals surface area contributed by atoms with E-state index in [1.165, 1.54) is 5.56 Å². The highest BCUT2D eigenvalue weighted by Gasteiger charge is 2.58. The summed E-state index contributed by atoms with van der Waals surface area (Å²) < 4.78 is 1.08. The first-order valence-corrected chi connectivity index (χ1v) is 8.11. The predicted octanol–water partition coefficient (Wildman–Crippen LogP) is 2.80. The summed E-state index contributed by atoms with van der Waals surface area (Å²) >= 11 is 3.55. The number of halogens is 1. The summed E-state index contributed by atoms with van der Waals surface area (Å²) in [7, 11) is 1.93. The van der Waals surface area contributed by atoms with Crippen LogP contribution in [0.1, 0.15) is 24.8 Å². The smallest absolute Gasteiger partial charge is 0.226 e. The zero-order chi connectivity index (χ0) is 14.2. The number of carbonyl (C=O) groups is 1. The average Bonchev–Trinajstić information content (AvgIpc) is 3.14. The molecule has 1 unspecified atom stereocenters. The van der Waals surface area contributed by atoms with Crippen LogP contribution in [0.2, 0.25) is 0 Å². The molecule has 1 aliphatic heterocycles. The van der Waals surface area contributed by atoms with Crippen molar-refractivity contribution in [3.63, 3.8) is 0 Å². The summed E-state index contributed by atoms with van der Waals surface area (Å²) in [5.41, 5.74) is 1.49. The van der Waals surface area contributed by atoms with Crippen LogP contribution in [0.5, 0.6) is 0 Å². The number of carbonyl (C=O) groups excluding carboxylic acids is 1.